The SMILES string of the molecule is O=C1NC(=S)S/C1=C/c1ccc2c(c1)N(Cc1ccc(Cl)cc1)C(=O)CO2. The van der Waals surface area contributed by atoms with Crippen molar-refractivity contribution in [2.75, 3.05) is 11.5 Å². The lowest BCUT2D eigenvalue weighted by Gasteiger charge is -2.29. The van der Waals surface area contributed by atoms with Crippen molar-refractivity contribution < 1.29 is 14.3 Å². The van der Waals surface area contributed by atoms with Crippen molar-refractivity contribution in [3.8, 4) is 5.75 Å². The van der Waals surface area contributed by atoms with Gasteiger partial charge in [0.05, 0.1) is 17.1 Å². The molecule has 2 aromatic carbocycles. The Labute approximate surface area is 170 Å². The zero-order valence-electron chi connectivity index (χ0n) is 13.9. The molecule has 2 aliphatic heterocycles. The second-order valence-electron chi connectivity index (χ2n) is 5.97. The molecule has 0 bridgehead atoms. The highest BCUT2D eigenvalue weighted by Crippen LogP contribution is 2.35. The number of carbonyl (C=O) groups excluding carboxylic acids is 2. The second-order valence-corrected chi connectivity index (χ2v) is 8.13. The Hall–Kier alpha value is -2.35. The third-order valence-electron chi connectivity index (χ3n) is 4.12. The Bertz CT molecular complexity index is 989. The van der Waals surface area contributed by atoms with E-state index in [0.717, 1.165) is 11.1 Å². The quantitative estimate of drug-likeness (QED) is 0.610. The lowest BCUT2D eigenvalue weighted by molar-refractivity contribution is -0.121. The average Bonchev–Trinajstić information content (AvgIpc) is 2.96. The first kappa shape index (κ1) is 18.0. The van der Waals surface area contributed by atoms with Gasteiger partial charge in [-0.05, 0) is 41.5 Å². The van der Waals surface area contributed by atoms with Crippen LogP contribution in [-0.4, -0.2) is 22.7 Å². The van der Waals surface area contributed by atoms with Crippen LogP contribution in [0.4, 0.5) is 5.69 Å². The number of thiocarbonyl (C=S) groups is 1. The summed E-state index contributed by atoms with van der Waals surface area (Å²) in [5, 5.41) is 3.23. The van der Waals surface area contributed by atoms with Crippen LogP contribution >= 0.6 is 35.6 Å². The number of hydrogen-bond donors (Lipinski definition) is 1. The van der Waals surface area contributed by atoms with Crippen LogP contribution in [0.25, 0.3) is 6.08 Å². The van der Waals surface area contributed by atoms with Crippen molar-refractivity contribution in [1.29, 1.82) is 0 Å². The first-order valence-corrected chi connectivity index (χ1v) is 9.66. The minimum atomic E-state index is -0.215. The van der Waals surface area contributed by atoms with Gasteiger partial charge in [0.25, 0.3) is 11.8 Å². The van der Waals surface area contributed by atoms with Crippen molar-refractivity contribution in [2.45, 2.75) is 6.54 Å². The predicted molar refractivity (Wildman–Crippen MR) is 111 cm³/mol. The maximum atomic E-state index is 12.5. The molecule has 0 spiro atoms. The molecule has 8 heteroatoms. The number of rotatable bonds is 3. The van der Waals surface area contributed by atoms with Gasteiger partial charge in [0.15, 0.2) is 6.61 Å². The van der Waals surface area contributed by atoms with Crippen molar-refractivity contribution in [3.63, 3.8) is 0 Å². The molecule has 1 fully saturated rings. The van der Waals surface area contributed by atoms with E-state index in [1.807, 2.05) is 24.3 Å². The minimum Gasteiger partial charge on any atom is -0.482 e. The van der Waals surface area contributed by atoms with Crippen LogP contribution in [0.15, 0.2) is 47.4 Å². The fourth-order valence-corrected chi connectivity index (χ4v) is 4.00. The van der Waals surface area contributed by atoms with Crippen LogP contribution < -0.4 is 15.0 Å². The van der Waals surface area contributed by atoms with Gasteiger partial charge in [-0.2, -0.15) is 0 Å². The Balaban J connectivity index is 1.67. The van der Waals surface area contributed by atoms with Gasteiger partial charge in [-0.15, -0.1) is 0 Å². The standard InChI is InChI=1S/C19H13ClN2O3S2/c20-13-4-1-11(2-5-13)9-22-14-7-12(3-6-15(14)25-10-17(22)23)8-16-18(24)21-19(26)27-16/h1-8H,9-10H2,(H,21,24,26)/b16-8+. The number of halogens is 1. The first-order valence-electron chi connectivity index (χ1n) is 8.06. The topological polar surface area (TPSA) is 58.6 Å². The summed E-state index contributed by atoms with van der Waals surface area (Å²) in [4.78, 5) is 26.5. The van der Waals surface area contributed by atoms with Crippen LogP contribution in [-0.2, 0) is 16.1 Å². The molecular formula is C19H13ClN2O3S2. The Morgan fingerprint density at radius 2 is 2.00 bits per heavy atom. The number of carbonyl (C=O) groups is 2. The summed E-state index contributed by atoms with van der Waals surface area (Å²) in [7, 11) is 0. The van der Waals surface area contributed by atoms with Crippen LogP contribution in [0.5, 0.6) is 5.75 Å². The van der Waals surface area contributed by atoms with E-state index in [-0.39, 0.29) is 18.4 Å². The summed E-state index contributed by atoms with van der Waals surface area (Å²) < 4.78 is 5.98. The zero-order valence-corrected chi connectivity index (χ0v) is 16.3. The zero-order chi connectivity index (χ0) is 19.0. The lowest BCUT2D eigenvalue weighted by Crippen LogP contribution is -2.38. The van der Waals surface area contributed by atoms with Gasteiger partial charge >= 0.3 is 0 Å². The fourth-order valence-electron chi connectivity index (χ4n) is 2.83. The molecule has 136 valence electrons. The molecule has 2 heterocycles. The van der Waals surface area contributed by atoms with E-state index in [9.17, 15) is 9.59 Å². The molecule has 1 N–H and O–H groups in total. The smallest absolute Gasteiger partial charge is 0.265 e. The molecule has 0 saturated carbocycles. The van der Waals surface area contributed by atoms with Gasteiger partial charge in [-0.3, -0.25) is 9.59 Å². The molecule has 0 aliphatic carbocycles. The number of benzene rings is 2. The van der Waals surface area contributed by atoms with Crippen molar-refractivity contribution in [1.82, 2.24) is 5.32 Å². The van der Waals surface area contributed by atoms with E-state index in [1.165, 1.54) is 11.8 Å². The summed E-state index contributed by atoms with van der Waals surface area (Å²) in [6.45, 7) is 0.402. The summed E-state index contributed by atoms with van der Waals surface area (Å²) in [5.41, 5.74) is 2.41. The van der Waals surface area contributed by atoms with Crippen molar-refractivity contribution in [3.05, 3.63) is 63.5 Å². The van der Waals surface area contributed by atoms with Crippen LogP contribution in [0.2, 0.25) is 5.02 Å². The Morgan fingerprint density at radius 1 is 1.22 bits per heavy atom. The molecular weight excluding hydrogens is 404 g/mol. The molecule has 0 radical (unpaired) electrons. The van der Waals surface area contributed by atoms with E-state index in [4.69, 9.17) is 28.6 Å². The molecule has 2 amide bonds. The average molecular weight is 417 g/mol. The van der Waals surface area contributed by atoms with E-state index in [2.05, 4.69) is 5.32 Å². The molecule has 0 aromatic heterocycles. The highest BCUT2D eigenvalue weighted by atomic mass is 35.5. The van der Waals surface area contributed by atoms with Gasteiger partial charge in [0.2, 0.25) is 0 Å². The number of fused-ring (bicyclic) bond motifs is 1. The van der Waals surface area contributed by atoms with Gasteiger partial charge in [0.1, 0.15) is 10.1 Å². The summed E-state index contributed by atoms with van der Waals surface area (Å²) >= 11 is 12.2. The third-order valence-corrected chi connectivity index (χ3v) is 5.53. The van der Waals surface area contributed by atoms with Crippen LogP contribution in [0, 0.1) is 0 Å². The minimum absolute atomic E-state index is 0.00639. The Morgan fingerprint density at radius 3 is 2.70 bits per heavy atom. The maximum Gasteiger partial charge on any atom is 0.265 e. The first-order chi connectivity index (χ1) is 13.0. The largest absolute Gasteiger partial charge is 0.482 e. The van der Waals surface area contributed by atoms with Gasteiger partial charge in [0, 0.05) is 5.02 Å². The number of thioether (sulfide) groups is 1. The molecule has 0 atom stereocenters. The maximum absolute atomic E-state index is 12.5. The molecule has 27 heavy (non-hydrogen) atoms. The Kier molecular flexibility index (Phi) is 4.90. The molecule has 2 aliphatic rings. The number of nitrogens with one attached hydrogen (secondary N) is 1. The number of anilines is 1. The molecule has 5 nitrogen and oxygen atoms in total. The van der Waals surface area contributed by atoms with Gasteiger partial charge < -0.3 is 15.0 Å². The normalized spacial score (nSPS) is 17.7. The third kappa shape index (κ3) is 3.85. The predicted octanol–water partition coefficient (Wildman–Crippen LogP) is 3.75. The summed E-state index contributed by atoms with van der Waals surface area (Å²) in [6.07, 6.45) is 1.75. The van der Waals surface area contributed by atoms with Crippen LogP contribution in [0.1, 0.15) is 11.1 Å². The van der Waals surface area contributed by atoms with Crippen LogP contribution in [0.3, 0.4) is 0 Å². The molecule has 4 rings (SSSR count). The highest BCUT2D eigenvalue weighted by molar-refractivity contribution is 8.26. The molecule has 2 aromatic rings. The van der Waals surface area contributed by atoms with E-state index < -0.39 is 0 Å². The number of hydrogen-bond acceptors (Lipinski definition) is 5. The van der Waals surface area contributed by atoms with E-state index in [0.29, 0.717) is 32.2 Å². The number of nitrogens with zero attached hydrogens (tertiary/aromatic N) is 1. The molecule has 0 unspecified atom stereocenters. The van der Waals surface area contributed by atoms with Gasteiger partial charge in [-0.1, -0.05) is 53.8 Å². The fraction of sp³-hybridized carbons (Fsp3) is 0.105. The van der Waals surface area contributed by atoms with E-state index in [1.54, 1.807) is 29.2 Å². The number of ether oxygens (including phenoxy) is 1. The van der Waals surface area contributed by atoms with Crippen molar-refractivity contribution in [2.24, 2.45) is 0 Å². The second kappa shape index (κ2) is 7.34. The lowest BCUT2D eigenvalue weighted by atomic mass is 10.1. The van der Waals surface area contributed by atoms with Gasteiger partial charge in [-0.25, -0.2) is 0 Å². The number of amides is 2. The van der Waals surface area contributed by atoms with E-state index >= 15 is 0 Å². The molecule has 1 saturated heterocycles. The van der Waals surface area contributed by atoms with Crippen molar-refractivity contribution >= 4 is 63.5 Å². The summed E-state index contributed by atoms with van der Waals surface area (Å²) in [6, 6.07) is 12.8. The monoisotopic (exact) mass is 416 g/mol. The highest BCUT2D eigenvalue weighted by Gasteiger charge is 2.27. The summed E-state index contributed by atoms with van der Waals surface area (Å²) in [5.74, 6) is 0.286.